The number of hydrogen-bond acceptors (Lipinski definition) is 7. The minimum Gasteiger partial charge on any atom is -0.320 e. The molecule has 0 radical (unpaired) electrons. The average molecular weight is 403 g/mol. The van der Waals surface area contributed by atoms with E-state index in [1.165, 1.54) is 36.4 Å². The topological polar surface area (TPSA) is 157 Å². The van der Waals surface area contributed by atoms with Gasteiger partial charge in [0, 0.05) is 17.8 Å². The summed E-state index contributed by atoms with van der Waals surface area (Å²) in [7, 11) is -4.26. The van der Waals surface area contributed by atoms with Gasteiger partial charge in [0.15, 0.2) is 0 Å². The number of carbonyl (C=O) groups excluding carboxylic acids is 1. The Balaban J connectivity index is 1.88. The minimum atomic E-state index is -4.26. The van der Waals surface area contributed by atoms with Crippen molar-refractivity contribution >= 4 is 27.3 Å². The van der Waals surface area contributed by atoms with Gasteiger partial charge in [-0.15, -0.1) is 9.19 Å². The summed E-state index contributed by atoms with van der Waals surface area (Å²) in [4.78, 5) is 34.5. The summed E-state index contributed by atoms with van der Waals surface area (Å²) in [6, 6.07) is 10.7. The molecule has 2 N–H and O–H groups in total. The van der Waals surface area contributed by atoms with Gasteiger partial charge in [0.2, 0.25) is 5.69 Å². The summed E-state index contributed by atoms with van der Waals surface area (Å²) in [6.45, 7) is 1.78. The molecule has 144 valence electrons. The van der Waals surface area contributed by atoms with E-state index in [9.17, 15) is 28.1 Å². The Labute approximate surface area is 157 Å². The van der Waals surface area contributed by atoms with Crippen molar-refractivity contribution in [3.8, 4) is 0 Å². The van der Waals surface area contributed by atoms with Crippen molar-refractivity contribution in [1.29, 1.82) is 0 Å². The van der Waals surface area contributed by atoms with E-state index >= 15 is 0 Å². The highest BCUT2D eigenvalue weighted by Gasteiger charge is 2.25. The molecule has 0 atom stereocenters. The first kappa shape index (κ1) is 19.0. The Morgan fingerprint density at radius 3 is 2.32 bits per heavy atom. The monoisotopic (exact) mass is 403 g/mol. The third kappa shape index (κ3) is 3.53. The lowest BCUT2D eigenvalue weighted by atomic mass is 10.2. The third-order valence-corrected chi connectivity index (χ3v) is 5.35. The normalized spacial score (nSPS) is 11.2. The molecule has 0 fully saturated rings. The maximum atomic E-state index is 12.6. The largest absolute Gasteiger partial charge is 0.320 e. The van der Waals surface area contributed by atoms with E-state index in [4.69, 9.17) is 0 Å². The van der Waals surface area contributed by atoms with Crippen molar-refractivity contribution in [2.24, 2.45) is 0 Å². The third-order valence-electron chi connectivity index (χ3n) is 3.75. The van der Waals surface area contributed by atoms with Gasteiger partial charge >= 0.3 is 5.56 Å². The van der Waals surface area contributed by atoms with E-state index in [1.807, 2.05) is 5.21 Å². The average Bonchev–Trinajstić information content (AvgIpc) is 3.05. The van der Waals surface area contributed by atoms with Crippen molar-refractivity contribution in [3.05, 3.63) is 80.3 Å². The zero-order chi connectivity index (χ0) is 20.5. The molecule has 0 bridgehead atoms. The Kier molecular flexibility index (Phi) is 4.79. The Hall–Kier alpha value is -3.80. The molecule has 12 heteroatoms. The number of rotatable bonds is 5. The van der Waals surface area contributed by atoms with Gasteiger partial charge in [0.05, 0.1) is 9.82 Å². The second-order valence-corrected chi connectivity index (χ2v) is 7.49. The fourth-order valence-corrected chi connectivity index (χ4v) is 3.41. The molecule has 11 nitrogen and oxygen atoms in total. The lowest BCUT2D eigenvalue weighted by molar-refractivity contribution is -0.384. The fraction of sp³-hybridized carbons (Fsp3) is 0.0625. The summed E-state index contributed by atoms with van der Waals surface area (Å²) < 4.78 is 25.4. The van der Waals surface area contributed by atoms with E-state index in [2.05, 4.69) is 10.4 Å². The van der Waals surface area contributed by atoms with Gasteiger partial charge in [-0.25, -0.2) is 5.21 Å². The molecule has 28 heavy (non-hydrogen) atoms. The van der Waals surface area contributed by atoms with Gasteiger partial charge in [-0.1, -0.05) is 17.7 Å². The summed E-state index contributed by atoms with van der Waals surface area (Å²) in [5.41, 5.74) is -0.997. The number of carbonyl (C=O) groups is 1. The number of non-ortho nitro benzene ring substituents is 1. The number of aromatic nitrogens is 3. The molecule has 0 unspecified atom stereocenters. The second kappa shape index (κ2) is 7.08. The van der Waals surface area contributed by atoms with Crippen LogP contribution in [0.25, 0.3) is 0 Å². The van der Waals surface area contributed by atoms with Gasteiger partial charge in [-0.05, 0) is 31.2 Å². The summed E-state index contributed by atoms with van der Waals surface area (Å²) in [6.07, 6.45) is 0. The molecule has 0 saturated carbocycles. The van der Waals surface area contributed by atoms with Crippen LogP contribution in [-0.4, -0.2) is 33.6 Å². The van der Waals surface area contributed by atoms with Crippen LogP contribution in [0.4, 0.5) is 11.4 Å². The molecule has 1 aromatic heterocycles. The van der Waals surface area contributed by atoms with Crippen LogP contribution in [0.5, 0.6) is 0 Å². The molecule has 1 heterocycles. The maximum absolute atomic E-state index is 12.6. The van der Waals surface area contributed by atoms with Crippen molar-refractivity contribution in [3.63, 3.8) is 0 Å². The predicted octanol–water partition coefficient (Wildman–Crippen LogP) is 1.28. The van der Waals surface area contributed by atoms with Crippen LogP contribution in [0.1, 0.15) is 16.1 Å². The summed E-state index contributed by atoms with van der Waals surface area (Å²) >= 11 is 0. The molecule has 0 aliphatic rings. The molecule has 0 saturated heterocycles. The number of nitrogens with one attached hydrogen (secondary N) is 2. The van der Waals surface area contributed by atoms with Crippen molar-refractivity contribution in [2.45, 2.75) is 11.8 Å². The molecule has 2 aromatic carbocycles. The number of nitrogens with zero attached hydrogens (tertiary/aromatic N) is 3. The molecule has 0 spiro atoms. The number of aryl methyl sites for hydroxylation is 1. The maximum Gasteiger partial charge on any atom is 0.314 e. The molecule has 0 aliphatic heterocycles. The van der Waals surface area contributed by atoms with Gasteiger partial charge in [-0.3, -0.25) is 19.7 Å². The quantitative estimate of drug-likeness (QED) is 0.480. The number of hydrogen-bond donors (Lipinski definition) is 2. The molecule has 3 rings (SSSR count). The van der Waals surface area contributed by atoms with E-state index in [1.54, 1.807) is 19.1 Å². The number of H-pyrrole nitrogens is 1. The molecule has 0 aliphatic carbocycles. The Morgan fingerprint density at radius 1 is 1.14 bits per heavy atom. The van der Waals surface area contributed by atoms with E-state index in [0.29, 0.717) is 0 Å². The highest BCUT2D eigenvalue weighted by atomic mass is 32.2. The second-order valence-electron chi connectivity index (χ2n) is 5.71. The van der Waals surface area contributed by atoms with Crippen LogP contribution in [-0.2, 0) is 10.0 Å². The molecular weight excluding hydrogens is 390 g/mol. The Morgan fingerprint density at radius 2 is 1.75 bits per heavy atom. The molecular formula is C16H13N5O6S. The minimum absolute atomic E-state index is 0.147. The number of nitro benzene ring substituents is 1. The Bertz CT molecular complexity index is 1210. The highest BCUT2D eigenvalue weighted by molar-refractivity contribution is 7.89. The van der Waals surface area contributed by atoms with Gasteiger partial charge in [-0.2, -0.15) is 8.42 Å². The van der Waals surface area contributed by atoms with Gasteiger partial charge in [0.25, 0.3) is 21.6 Å². The number of benzene rings is 2. The standard InChI is InChI=1S/C16H13N5O6S/c1-10-2-8-13(9-3-10)28(26,27)20-16(23)14(18-19-20)15(22)17-11-4-6-12(7-5-11)21(24)25/h2-9,19H,1H3,(H,17,22). The van der Waals surface area contributed by atoms with Crippen LogP contribution in [0, 0.1) is 17.0 Å². The predicted molar refractivity (Wildman–Crippen MR) is 97.7 cm³/mol. The first-order chi connectivity index (χ1) is 13.2. The number of nitro groups is 1. The van der Waals surface area contributed by atoms with Crippen LogP contribution in [0.3, 0.4) is 0 Å². The number of anilines is 1. The first-order valence-electron chi connectivity index (χ1n) is 7.75. The highest BCUT2D eigenvalue weighted by Crippen LogP contribution is 2.16. The SMILES string of the molecule is Cc1ccc(S(=O)(=O)n2[nH]nc(C(=O)Nc3ccc([N+](=O)[O-])cc3)c2=O)cc1. The lowest BCUT2D eigenvalue weighted by Gasteiger charge is -2.03. The molecule has 3 aromatic rings. The van der Waals surface area contributed by atoms with Gasteiger partial charge in [0.1, 0.15) is 0 Å². The van der Waals surface area contributed by atoms with Crippen LogP contribution >= 0.6 is 0 Å². The van der Waals surface area contributed by atoms with Crippen molar-refractivity contribution in [2.75, 3.05) is 5.32 Å². The van der Waals surface area contributed by atoms with E-state index in [-0.39, 0.29) is 20.4 Å². The van der Waals surface area contributed by atoms with Crippen molar-refractivity contribution < 1.29 is 18.1 Å². The summed E-state index contributed by atoms with van der Waals surface area (Å²) in [5, 5.41) is 18.5. The summed E-state index contributed by atoms with van der Waals surface area (Å²) in [5.74, 6) is -0.965. The molecule has 1 amide bonds. The van der Waals surface area contributed by atoms with Crippen molar-refractivity contribution in [1.82, 2.24) is 14.4 Å². The first-order valence-corrected chi connectivity index (χ1v) is 9.19. The van der Waals surface area contributed by atoms with Crippen LogP contribution in [0.2, 0.25) is 0 Å². The van der Waals surface area contributed by atoms with Gasteiger partial charge < -0.3 is 5.32 Å². The lowest BCUT2D eigenvalue weighted by Crippen LogP contribution is -2.29. The number of aromatic amines is 1. The van der Waals surface area contributed by atoms with Crippen LogP contribution in [0.15, 0.2) is 58.2 Å². The fourth-order valence-electron chi connectivity index (χ4n) is 2.27. The zero-order valence-electron chi connectivity index (χ0n) is 14.3. The van der Waals surface area contributed by atoms with E-state index in [0.717, 1.165) is 5.56 Å². The zero-order valence-corrected chi connectivity index (χ0v) is 15.1. The van der Waals surface area contributed by atoms with Crippen LogP contribution < -0.4 is 10.9 Å². The number of amides is 1. The smallest absolute Gasteiger partial charge is 0.314 e. The van der Waals surface area contributed by atoms with E-state index < -0.39 is 32.1 Å².